The van der Waals surface area contributed by atoms with E-state index in [1.165, 1.54) is 25.7 Å². The van der Waals surface area contributed by atoms with Gasteiger partial charge in [0, 0.05) is 17.0 Å². The van der Waals surface area contributed by atoms with Crippen molar-refractivity contribution in [1.82, 2.24) is 4.98 Å². The molecule has 1 saturated carbocycles. The zero-order chi connectivity index (χ0) is 14.8. The second-order valence-electron chi connectivity index (χ2n) is 6.58. The third-order valence-corrected chi connectivity index (χ3v) is 3.90. The predicted molar refractivity (Wildman–Crippen MR) is 80.1 cm³/mol. The Bertz CT molecular complexity index is 482. The highest BCUT2D eigenvalue weighted by atomic mass is 16.5. The van der Waals surface area contributed by atoms with Gasteiger partial charge in [0.15, 0.2) is 0 Å². The fraction of sp³-hybridized carbons (Fsp3) is 0.647. The molecule has 2 rings (SSSR count). The van der Waals surface area contributed by atoms with Crippen molar-refractivity contribution in [2.24, 2.45) is 0 Å². The van der Waals surface area contributed by atoms with Gasteiger partial charge in [-0.2, -0.15) is 0 Å². The molecule has 1 aliphatic rings. The molecular formula is C17H25NO2. The number of pyridine rings is 1. The summed E-state index contributed by atoms with van der Waals surface area (Å²) in [5.74, 6) is 0.301. The molecule has 110 valence electrons. The van der Waals surface area contributed by atoms with Crippen LogP contribution < -0.4 is 0 Å². The smallest absolute Gasteiger partial charge is 0.339 e. The lowest BCUT2D eigenvalue weighted by atomic mass is 9.87. The minimum Gasteiger partial charge on any atom is -0.462 e. The summed E-state index contributed by atoms with van der Waals surface area (Å²) >= 11 is 0. The molecule has 3 nitrogen and oxygen atoms in total. The maximum atomic E-state index is 12.1. The number of nitrogens with zero attached hydrogens (tertiary/aromatic N) is 1. The van der Waals surface area contributed by atoms with Crippen LogP contribution in [0.4, 0.5) is 0 Å². The van der Waals surface area contributed by atoms with Crippen LogP contribution in [0.5, 0.6) is 0 Å². The maximum absolute atomic E-state index is 12.1. The SMILES string of the molecule is CCOC(=O)c1ccc(C2CCCC2)nc1C(C)(C)C. The number of ether oxygens (including phenoxy) is 1. The number of aromatic nitrogens is 1. The summed E-state index contributed by atoms with van der Waals surface area (Å²) in [6.07, 6.45) is 5.01. The first-order chi connectivity index (χ1) is 9.43. The van der Waals surface area contributed by atoms with Crippen LogP contribution in [0.15, 0.2) is 12.1 Å². The minimum atomic E-state index is -0.261. The molecule has 0 saturated heterocycles. The Morgan fingerprint density at radius 3 is 2.50 bits per heavy atom. The first kappa shape index (κ1) is 15.0. The summed E-state index contributed by atoms with van der Waals surface area (Å²) in [6, 6.07) is 3.91. The standard InChI is InChI=1S/C17H25NO2/c1-5-20-16(19)13-10-11-14(12-8-6-7-9-12)18-15(13)17(2,3)4/h10-12H,5-9H2,1-4H3. The zero-order valence-corrected chi connectivity index (χ0v) is 13.0. The molecule has 3 heteroatoms. The second-order valence-corrected chi connectivity index (χ2v) is 6.58. The van der Waals surface area contributed by atoms with Crippen LogP contribution in [0, 0.1) is 0 Å². The summed E-state index contributed by atoms with van der Waals surface area (Å²) in [7, 11) is 0. The fourth-order valence-electron chi connectivity index (χ4n) is 2.87. The first-order valence-corrected chi connectivity index (χ1v) is 7.62. The van der Waals surface area contributed by atoms with Gasteiger partial charge in [-0.15, -0.1) is 0 Å². The van der Waals surface area contributed by atoms with E-state index in [-0.39, 0.29) is 11.4 Å². The van der Waals surface area contributed by atoms with E-state index >= 15 is 0 Å². The summed E-state index contributed by atoms with van der Waals surface area (Å²) < 4.78 is 5.15. The van der Waals surface area contributed by atoms with Crippen LogP contribution in [0.25, 0.3) is 0 Å². The Morgan fingerprint density at radius 2 is 1.95 bits per heavy atom. The number of esters is 1. The van der Waals surface area contributed by atoms with Gasteiger partial charge in [-0.1, -0.05) is 33.6 Å². The van der Waals surface area contributed by atoms with Crippen LogP contribution in [0.1, 0.15) is 81.0 Å². The number of carbonyl (C=O) groups excluding carboxylic acids is 1. The van der Waals surface area contributed by atoms with Crippen LogP contribution in [-0.4, -0.2) is 17.6 Å². The number of carbonyl (C=O) groups is 1. The molecule has 1 aromatic rings. The molecule has 1 aliphatic carbocycles. The van der Waals surface area contributed by atoms with E-state index in [4.69, 9.17) is 9.72 Å². The van der Waals surface area contributed by atoms with Gasteiger partial charge >= 0.3 is 5.97 Å². The van der Waals surface area contributed by atoms with Gasteiger partial charge in [0.1, 0.15) is 0 Å². The second kappa shape index (κ2) is 5.94. The Hall–Kier alpha value is -1.38. The summed E-state index contributed by atoms with van der Waals surface area (Å²) in [6.45, 7) is 8.51. The molecule has 0 aromatic carbocycles. The quantitative estimate of drug-likeness (QED) is 0.776. The van der Waals surface area contributed by atoms with Crippen molar-refractivity contribution in [1.29, 1.82) is 0 Å². The van der Waals surface area contributed by atoms with Gasteiger partial charge in [0.2, 0.25) is 0 Å². The van der Waals surface area contributed by atoms with E-state index in [1.54, 1.807) is 0 Å². The fourth-order valence-corrected chi connectivity index (χ4v) is 2.87. The van der Waals surface area contributed by atoms with E-state index in [0.717, 1.165) is 11.4 Å². The molecule has 1 aromatic heterocycles. The van der Waals surface area contributed by atoms with Crippen molar-refractivity contribution >= 4 is 5.97 Å². The average molecular weight is 275 g/mol. The highest BCUT2D eigenvalue weighted by Gasteiger charge is 2.27. The van der Waals surface area contributed by atoms with E-state index < -0.39 is 0 Å². The van der Waals surface area contributed by atoms with Gasteiger partial charge < -0.3 is 4.74 Å². The molecule has 0 aliphatic heterocycles. The topological polar surface area (TPSA) is 39.2 Å². The maximum Gasteiger partial charge on any atom is 0.339 e. The van der Waals surface area contributed by atoms with Crippen molar-refractivity contribution in [3.05, 3.63) is 29.1 Å². The van der Waals surface area contributed by atoms with Crippen LogP contribution >= 0.6 is 0 Å². The number of rotatable bonds is 3. The first-order valence-electron chi connectivity index (χ1n) is 7.62. The van der Waals surface area contributed by atoms with E-state index in [1.807, 2.05) is 19.1 Å². The molecule has 1 heterocycles. The van der Waals surface area contributed by atoms with Crippen molar-refractivity contribution in [3.63, 3.8) is 0 Å². The third-order valence-electron chi connectivity index (χ3n) is 3.90. The number of hydrogen-bond acceptors (Lipinski definition) is 3. The Kier molecular flexibility index (Phi) is 4.46. The molecule has 20 heavy (non-hydrogen) atoms. The highest BCUT2D eigenvalue weighted by Crippen LogP contribution is 2.35. The predicted octanol–water partition coefficient (Wildman–Crippen LogP) is 4.21. The third kappa shape index (κ3) is 3.20. The zero-order valence-electron chi connectivity index (χ0n) is 13.0. The monoisotopic (exact) mass is 275 g/mol. The Balaban J connectivity index is 2.40. The van der Waals surface area contributed by atoms with Gasteiger partial charge in [-0.05, 0) is 31.9 Å². The molecule has 0 amide bonds. The molecule has 0 bridgehead atoms. The molecular weight excluding hydrogens is 250 g/mol. The Labute approximate surface area is 121 Å². The van der Waals surface area contributed by atoms with Crippen molar-refractivity contribution in [3.8, 4) is 0 Å². The molecule has 0 spiro atoms. The van der Waals surface area contributed by atoms with E-state index in [2.05, 4.69) is 20.8 Å². The van der Waals surface area contributed by atoms with Crippen molar-refractivity contribution in [2.45, 2.75) is 64.7 Å². The van der Waals surface area contributed by atoms with Gasteiger partial charge in [0.25, 0.3) is 0 Å². The summed E-state index contributed by atoms with van der Waals surface area (Å²) in [4.78, 5) is 16.9. The van der Waals surface area contributed by atoms with Crippen molar-refractivity contribution in [2.75, 3.05) is 6.61 Å². The number of hydrogen-bond donors (Lipinski definition) is 0. The lowest BCUT2D eigenvalue weighted by molar-refractivity contribution is 0.0522. The Morgan fingerprint density at radius 1 is 1.30 bits per heavy atom. The molecule has 1 fully saturated rings. The summed E-state index contributed by atoms with van der Waals surface area (Å²) in [5, 5.41) is 0. The van der Waals surface area contributed by atoms with Crippen LogP contribution in [0.3, 0.4) is 0 Å². The molecule has 0 N–H and O–H groups in total. The lowest BCUT2D eigenvalue weighted by Gasteiger charge is -2.23. The van der Waals surface area contributed by atoms with E-state index in [9.17, 15) is 4.79 Å². The largest absolute Gasteiger partial charge is 0.462 e. The van der Waals surface area contributed by atoms with E-state index in [0.29, 0.717) is 18.1 Å². The van der Waals surface area contributed by atoms with Crippen molar-refractivity contribution < 1.29 is 9.53 Å². The van der Waals surface area contributed by atoms with Gasteiger partial charge in [-0.3, -0.25) is 4.98 Å². The summed E-state index contributed by atoms with van der Waals surface area (Å²) in [5.41, 5.74) is 2.46. The van der Waals surface area contributed by atoms with Gasteiger partial charge in [0.05, 0.1) is 17.9 Å². The average Bonchev–Trinajstić information content (AvgIpc) is 2.91. The van der Waals surface area contributed by atoms with Crippen LogP contribution in [-0.2, 0) is 10.2 Å². The normalized spacial score (nSPS) is 16.4. The lowest BCUT2D eigenvalue weighted by Crippen LogP contribution is -2.21. The van der Waals surface area contributed by atoms with Gasteiger partial charge in [-0.25, -0.2) is 4.79 Å². The highest BCUT2D eigenvalue weighted by molar-refractivity contribution is 5.91. The molecule has 0 radical (unpaired) electrons. The molecule has 0 unspecified atom stereocenters. The molecule has 0 atom stereocenters. The van der Waals surface area contributed by atoms with Crippen LogP contribution in [0.2, 0.25) is 0 Å². The minimum absolute atomic E-state index is 0.156.